The van der Waals surface area contributed by atoms with Crippen molar-refractivity contribution >= 4 is 27.0 Å². The van der Waals surface area contributed by atoms with Gasteiger partial charge in [-0.2, -0.15) is 0 Å². The molecule has 0 aliphatic rings. The van der Waals surface area contributed by atoms with Crippen molar-refractivity contribution < 1.29 is 13.2 Å². The van der Waals surface area contributed by atoms with Gasteiger partial charge in [0, 0.05) is 12.5 Å². The molecule has 6 heteroatoms. The van der Waals surface area contributed by atoms with Crippen LogP contribution < -0.4 is 9.46 Å². The molecule has 3 rings (SSSR count). The summed E-state index contributed by atoms with van der Waals surface area (Å²) in [6, 6.07) is 20.3. The lowest BCUT2D eigenvalue weighted by molar-refractivity contribution is 0.322. The van der Waals surface area contributed by atoms with E-state index in [1.807, 2.05) is 24.3 Å². The van der Waals surface area contributed by atoms with Gasteiger partial charge in [-0.25, -0.2) is 8.42 Å². The summed E-state index contributed by atoms with van der Waals surface area (Å²) in [4.78, 5) is 0. The Kier molecular flexibility index (Phi) is 5.17. The molecule has 1 heterocycles. The van der Waals surface area contributed by atoms with Crippen LogP contribution in [0, 0.1) is 0 Å². The molecule has 0 aliphatic carbocycles. The first kappa shape index (κ1) is 16.5. The van der Waals surface area contributed by atoms with Crippen molar-refractivity contribution in [3.63, 3.8) is 0 Å². The molecule has 0 bridgehead atoms. The van der Waals surface area contributed by atoms with Crippen molar-refractivity contribution in [2.75, 3.05) is 11.3 Å². The molecular weight excluding hydrogens is 342 g/mol. The Hall–Kier alpha value is -2.31. The van der Waals surface area contributed by atoms with E-state index in [0.29, 0.717) is 18.0 Å². The fourth-order valence-corrected chi connectivity index (χ4v) is 4.24. The summed E-state index contributed by atoms with van der Waals surface area (Å²) < 4.78 is 33.0. The highest BCUT2D eigenvalue weighted by atomic mass is 32.2. The van der Waals surface area contributed by atoms with Gasteiger partial charge in [0.05, 0.1) is 12.3 Å². The molecule has 0 aliphatic heterocycles. The monoisotopic (exact) mass is 359 g/mol. The van der Waals surface area contributed by atoms with Gasteiger partial charge in [-0.1, -0.05) is 42.5 Å². The number of thiophene rings is 1. The molecule has 24 heavy (non-hydrogen) atoms. The van der Waals surface area contributed by atoms with E-state index in [-0.39, 0.29) is 4.21 Å². The van der Waals surface area contributed by atoms with Crippen molar-refractivity contribution in [3.8, 4) is 5.75 Å². The van der Waals surface area contributed by atoms with Crippen molar-refractivity contribution in [1.29, 1.82) is 0 Å². The number of sulfonamides is 1. The summed E-state index contributed by atoms with van der Waals surface area (Å²) in [5.41, 5.74) is 1.69. The number of ether oxygens (including phenoxy) is 1. The molecule has 1 N–H and O–H groups in total. The first-order valence-corrected chi connectivity index (χ1v) is 9.83. The molecule has 0 fully saturated rings. The molecule has 2 aromatic carbocycles. The van der Waals surface area contributed by atoms with E-state index >= 15 is 0 Å². The van der Waals surface area contributed by atoms with Crippen molar-refractivity contribution in [1.82, 2.24) is 0 Å². The second kappa shape index (κ2) is 7.51. The minimum absolute atomic E-state index is 0.290. The van der Waals surface area contributed by atoms with Gasteiger partial charge in [0.15, 0.2) is 0 Å². The number of hydrogen-bond donors (Lipinski definition) is 1. The normalized spacial score (nSPS) is 11.2. The van der Waals surface area contributed by atoms with E-state index in [0.717, 1.165) is 6.42 Å². The third kappa shape index (κ3) is 4.37. The highest BCUT2D eigenvalue weighted by molar-refractivity contribution is 7.94. The molecule has 0 unspecified atom stereocenters. The van der Waals surface area contributed by atoms with Gasteiger partial charge in [-0.3, -0.25) is 4.72 Å². The van der Waals surface area contributed by atoms with Gasteiger partial charge >= 0.3 is 0 Å². The standard InChI is InChI=1S/C18H17NO3S2/c20-24(21,18-10-5-13-23-18)19-16-8-4-9-17(14-16)22-12-11-15-6-2-1-3-7-15/h1-10,13-14,19H,11-12H2. The highest BCUT2D eigenvalue weighted by Crippen LogP contribution is 2.23. The summed E-state index contributed by atoms with van der Waals surface area (Å²) in [5, 5.41) is 1.73. The van der Waals surface area contributed by atoms with E-state index in [9.17, 15) is 8.42 Å². The molecule has 0 radical (unpaired) electrons. The Balaban J connectivity index is 1.62. The van der Waals surface area contributed by atoms with E-state index < -0.39 is 10.0 Å². The van der Waals surface area contributed by atoms with Crippen LogP contribution in [0.2, 0.25) is 0 Å². The third-order valence-electron chi connectivity index (χ3n) is 3.35. The number of nitrogens with one attached hydrogen (secondary N) is 1. The molecule has 3 aromatic rings. The fourth-order valence-electron chi connectivity index (χ4n) is 2.20. The lowest BCUT2D eigenvalue weighted by Gasteiger charge is -2.10. The van der Waals surface area contributed by atoms with Crippen LogP contribution in [0.25, 0.3) is 0 Å². The van der Waals surface area contributed by atoms with Gasteiger partial charge in [0.1, 0.15) is 9.96 Å². The lowest BCUT2D eigenvalue weighted by atomic mass is 10.2. The molecule has 0 saturated heterocycles. The van der Waals surface area contributed by atoms with Crippen LogP contribution in [-0.4, -0.2) is 15.0 Å². The maximum Gasteiger partial charge on any atom is 0.271 e. The van der Waals surface area contributed by atoms with Gasteiger partial charge in [0.25, 0.3) is 10.0 Å². The number of benzene rings is 2. The molecule has 0 spiro atoms. The summed E-state index contributed by atoms with van der Waals surface area (Å²) in [6.07, 6.45) is 0.798. The molecule has 0 atom stereocenters. The summed E-state index contributed by atoms with van der Waals surface area (Å²) in [7, 11) is -3.54. The van der Waals surface area contributed by atoms with Crippen molar-refractivity contribution in [2.45, 2.75) is 10.6 Å². The fraction of sp³-hybridized carbons (Fsp3) is 0.111. The highest BCUT2D eigenvalue weighted by Gasteiger charge is 2.15. The first-order valence-electron chi connectivity index (χ1n) is 7.47. The first-order chi connectivity index (χ1) is 11.6. The van der Waals surface area contributed by atoms with E-state index in [4.69, 9.17) is 4.74 Å². The molecule has 124 valence electrons. The van der Waals surface area contributed by atoms with Crippen molar-refractivity contribution in [2.24, 2.45) is 0 Å². The summed E-state index contributed by atoms with van der Waals surface area (Å²) in [6.45, 7) is 0.533. The maximum absolute atomic E-state index is 12.2. The van der Waals surface area contributed by atoms with E-state index in [2.05, 4.69) is 16.9 Å². The maximum atomic E-state index is 12.2. The molecule has 0 amide bonds. The Labute approximate surface area is 145 Å². The van der Waals surface area contributed by atoms with Crippen LogP contribution in [0.1, 0.15) is 5.56 Å². The van der Waals surface area contributed by atoms with E-state index in [1.54, 1.807) is 35.7 Å². The smallest absolute Gasteiger partial charge is 0.271 e. The van der Waals surface area contributed by atoms with Crippen LogP contribution >= 0.6 is 11.3 Å². The third-order valence-corrected chi connectivity index (χ3v) is 6.13. The van der Waals surface area contributed by atoms with Crippen LogP contribution in [0.5, 0.6) is 5.75 Å². The summed E-state index contributed by atoms with van der Waals surface area (Å²) >= 11 is 1.18. The van der Waals surface area contributed by atoms with Crippen LogP contribution in [0.15, 0.2) is 76.3 Å². The lowest BCUT2D eigenvalue weighted by Crippen LogP contribution is -2.11. The zero-order valence-electron chi connectivity index (χ0n) is 12.9. The largest absolute Gasteiger partial charge is 0.493 e. The Morgan fingerprint density at radius 1 is 0.958 bits per heavy atom. The average Bonchev–Trinajstić information content (AvgIpc) is 3.11. The van der Waals surface area contributed by atoms with Gasteiger partial charge < -0.3 is 4.74 Å². The van der Waals surface area contributed by atoms with Crippen molar-refractivity contribution in [3.05, 3.63) is 77.7 Å². The second-order valence-corrected chi connectivity index (χ2v) is 8.01. The minimum atomic E-state index is -3.54. The Bertz CT molecular complexity index is 876. The van der Waals surface area contributed by atoms with Crippen LogP contribution in [0.3, 0.4) is 0 Å². The zero-order valence-corrected chi connectivity index (χ0v) is 14.5. The quantitative estimate of drug-likeness (QED) is 0.689. The minimum Gasteiger partial charge on any atom is -0.493 e. The topological polar surface area (TPSA) is 55.4 Å². The Morgan fingerprint density at radius 3 is 2.54 bits per heavy atom. The molecule has 0 saturated carbocycles. The van der Waals surface area contributed by atoms with E-state index in [1.165, 1.54) is 16.9 Å². The summed E-state index contributed by atoms with van der Waals surface area (Å²) in [5.74, 6) is 0.636. The second-order valence-electron chi connectivity index (χ2n) is 5.15. The molecule has 1 aromatic heterocycles. The predicted octanol–water partition coefficient (Wildman–Crippen LogP) is 4.17. The molecular formula is C18H17NO3S2. The number of rotatable bonds is 7. The average molecular weight is 359 g/mol. The zero-order chi connectivity index (χ0) is 16.8. The predicted molar refractivity (Wildman–Crippen MR) is 97.2 cm³/mol. The SMILES string of the molecule is O=S(=O)(Nc1cccc(OCCc2ccccc2)c1)c1cccs1. The van der Waals surface area contributed by atoms with Crippen LogP contribution in [0.4, 0.5) is 5.69 Å². The number of anilines is 1. The van der Waals surface area contributed by atoms with Gasteiger partial charge in [-0.05, 0) is 29.1 Å². The van der Waals surface area contributed by atoms with Gasteiger partial charge in [0.2, 0.25) is 0 Å². The Morgan fingerprint density at radius 2 is 1.79 bits per heavy atom. The number of hydrogen-bond acceptors (Lipinski definition) is 4. The molecule has 4 nitrogen and oxygen atoms in total. The van der Waals surface area contributed by atoms with Crippen LogP contribution in [-0.2, 0) is 16.4 Å². The van der Waals surface area contributed by atoms with Gasteiger partial charge in [-0.15, -0.1) is 11.3 Å².